The SMILES string of the molecule is CO[C@H](CCN=O)[C@@H]1OC(C(=O)O)=CC[C@H]1NC(C)=O. The second-order valence-electron chi connectivity index (χ2n) is 4.41. The van der Waals surface area contributed by atoms with Gasteiger partial charge in [0.25, 0.3) is 0 Å². The van der Waals surface area contributed by atoms with Crippen LogP contribution in [0.3, 0.4) is 0 Å². The summed E-state index contributed by atoms with van der Waals surface area (Å²) < 4.78 is 10.6. The van der Waals surface area contributed by atoms with Crippen molar-refractivity contribution in [2.24, 2.45) is 5.18 Å². The zero-order chi connectivity index (χ0) is 15.1. The molecule has 8 nitrogen and oxygen atoms in total. The monoisotopic (exact) mass is 286 g/mol. The van der Waals surface area contributed by atoms with Gasteiger partial charge in [0.2, 0.25) is 11.7 Å². The van der Waals surface area contributed by atoms with Gasteiger partial charge in [-0.25, -0.2) is 4.79 Å². The average molecular weight is 286 g/mol. The number of hydrogen-bond donors (Lipinski definition) is 2. The zero-order valence-electron chi connectivity index (χ0n) is 11.4. The van der Waals surface area contributed by atoms with Crippen LogP contribution in [-0.4, -0.2) is 48.9 Å². The van der Waals surface area contributed by atoms with Crippen molar-refractivity contribution in [3.05, 3.63) is 16.7 Å². The van der Waals surface area contributed by atoms with Gasteiger partial charge in [-0.1, -0.05) is 5.18 Å². The van der Waals surface area contributed by atoms with Gasteiger partial charge in [-0.2, -0.15) is 4.91 Å². The van der Waals surface area contributed by atoms with E-state index in [0.29, 0.717) is 6.42 Å². The van der Waals surface area contributed by atoms with E-state index in [-0.39, 0.29) is 24.6 Å². The highest BCUT2D eigenvalue weighted by molar-refractivity contribution is 5.84. The molecule has 1 aliphatic rings. The summed E-state index contributed by atoms with van der Waals surface area (Å²) in [6.45, 7) is 1.39. The Hall–Kier alpha value is -1.96. The Kier molecular flexibility index (Phi) is 6.10. The fourth-order valence-corrected chi connectivity index (χ4v) is 2.12. The maximum absolute atomic E-state index is 11.2. The molecule has 0 aliphatic carbocycles. The predicted octanol–water partition coefficient (Wildman–Crippen LogP) is 0.420. The predicted molar refractivity (Wildman–Crippen MR) is 68.9 cm³/mol. The van der Waals surface area contributed by atoms with Crippen LogP contribution in [0.1, 0.15) is 19.8 Å². The van der Waals surface area contributed by atoms with Crippen LogP contribution in [0.25, 0.3) is 0 Å². The molecule has 3 atom stereocenters. The van der Waals surface area contributed by atoms with Gasteiger partial charge in [0, 0.05) is 20.5 Å². The van der Waals surface area contributed by atoms with E-state index in [2.05, 4.69) is 10.5 Å². The first kappa shape index (κ1) is 16.1. The topological polar surface area (TPSA) is 114 Å². The molecule has 0 unspecified atom stereocenters. The summed E-state index contributed by atoms with van der Waals surface area (Å²) in [6.07, 6.45) is 0.798. The maximum Gasteiger partial charge on any atom is 0.370 e. The molecule has 1 amide bonds. The molecule has 0 radical (unpaired) electrons. The van der Waals surface area contributed by atoms with Crippen molar-refractivity contribution >= 4 is 11.9 Å². The zero-order valence-corrected chi connectivity index (χ0v) is 11.4. The summed E-state index contributed by atoms with van der Waals surface area (Å²) in [7, 11) is 1.43. The molecule has 0 saturated heterocycles. The van der Waals surface area contributed by atoms with Crippen LogP contribution in [0.15, 0.2) is 17.0 Å². The molecule has 0 bridgehead atoms. The highest BCUT2D eigenvalue weighted by atomic mass is 16.6. The number of nitroso groups, excluding NO2 is 1. The second-order valence-corrected chi connectivity index (χ2v) is 4.41. The third kappa shape index (κ3) is 4.30. The number of aliphatic carboxylic acids is 1. The van der Waals surface area contributed by atoms with Crippen molar-refractivity contribution in [2.75, 3.05) is 13.7 Å². The Labute approximate surface area is 116 Å². The summed E-state index contributed by atoms with van der Waals surface area (Å²) in [4.78, 5) is 32.4. The van der Waals surface area contributed by atoms with Crippen LogP contribution in [0, 0.1) is 4.91 Å². The molecule has 0 aromatic carbocycles. The smallest absolute Gasteiger partial charge is 0.370 e. The van der Waals surface area contributed by atoms with Crippen LogP contribution in [0.2, 0.25) is 0 Å². The molecule has 8 heteroatoms. The highest BCUT2D eigenvalue weighted by Crippen LogP contribution is 2.23. The van der Waals surface area contributed by atoms with Crippen LogP contribution in [0.5, 0.6) is 0 Å². The number of nitrogens with zero attached hydrogens (tertiary/aromatic N) is 1. The molecule has 0 fully saturated rings. The lowest BCUT2D eigenvalue weighted by Gasteiger charge is -2.35. The molecule has 0 aromatic rings. The number of hydrogen-bond acceptors (Lipinski definition) is 6. The largest absolute Gasteiger partial charge is 0.478 e. The van der Waals surface area contributed by atoms with E-state index < -0.39 is 24.2 Å². The molecule has 1 heterocycles. The molecular weight excluding hydrogens is 268 g/mol. The minimum Gasteiger partial charge on any atom is -0.478 e. The van der Waals surface area contributed by atoms with Gasteiger partial charge in [0.1, 0.15) is 6.10 Å². The fourth-order valence-electron chi connectivity index (χ4n) is 2.12. The Morgan fingerprint density at radius 1 is 1.65 bits per heavy atom. The van der Waals surface area contributed by atoms with Gasteiger partial charge >= 0.3 is 5.97 Å². The number of carboxylic acid groups (broad SMARTS) is 1. The lowest BCUT2D eigenvalue weighted by atomic mass is 9.97. The fraction of sp³-hybridized carbons (Fsp3) is 0.667. The molecule has 2 N–H and O–H groups in total. The minimum atomic E-state index is -1.18. The first-order chi connectivity index (χ1) is 9.49. The standard InChI is InChI=1S/C12H18N2O6/c1-7(15)14-8-3-4-10(12(16)17)20-11(8)9(19-2)5-6-13-18/h4,8-9,11H,3,5-6H2,1-2H3,(H,14,15)(H,16,17)/t8-,9-,11-/m1/s1. The van der Waals surface area contributed by atoms with Gasteiger partial charge in [0.05, 0.1) is 18.7 Å². The van der Waals surface area contributed by atoms with Crippen LogP contribution < -0.4 is 5.32 Å². The highest BCUT2D eigenvalue weighted by Gasteiger charge is 2.36. The number of nitrogens with one attached hydrogen (secondary N) is 1. The third-order valence-electron chi connectivity index (χ3n) is 2.99. The molecule has 0 spiro atoms. The number of carbonyl (C=O) groups excluding carboxylic acids is 1. The number of ether oxygens (including phenoxy) is 2. The number of amides is 1. The summed E-state index contributed by atoms with van der Waals surface area (Å²) >= 11 is 0. The summed E-state index contributed by atoms with van der Waals surface area (Å²) in [6, 6.07) is -0.410. The van der Waals surface area contributed by atoms with Crippen LogP contribution in [0.4, 0.5) is 0 Å². The van der Waals surface area contributed by atoms with E-state index in [9.17, 15) is 14.5 Å². The minimum absolute atomic E-state index is 0.0251. The van der Waals surface area contributed by atoms with Gasteiger partial charge in [-0.15, -0.1) is 0 Å². The second kappa shape index (κ2) is 7.59. The van der Waals surface area contributed by atoms with Crippen molar-refractivity contribution < 1.29 is 24.2 Å². The number of carboxylic acids is 1. The third-order valence-corrected chi connectivity index (χ3v) is 2.99. The molecule has 20 heavy (non-hydrogen) atoms. The lowest BCUT2D eigenvalue weighted by Crippen LogP contribution is -2.51. The normalized spacial score (nSPS) is 23.2. The Morgan fingerprint density at radius 3 is 2.85 bits per heavy atom. The first-order valence-electron chi connectivity index (χ1n) is 6.18. The Morgan fingerprint density at radius 2 is 2.35 bits per heavy atom. The Balaban J connectivity index is 2.88. The van der Waals surface area contributed by atoms with Crippen molar-refractivity contribution in [1.82, 2.24) is 5.32 Å². The van der Waals surface area contributed by atoms with E-state index in [1.54, 1.807) is 0 Å². The van der Waals surface area contributed by atoms with Gasteiger partial charge in [-0.05, 0) is 12.5 Å². The summed E-state index contributed by atoms with van der Waals surface area (Å²) in [5, 5.41) is 14.4. The molecule has 0 aromatic heterocycles. The van der Waals surface area contributed by atoms with Crippen LogP contribution >= 0.6 is 0 Å². The van der Waals surface area contributed by atoms with Gasteiger partial charge in [-0.3, -0.25) is 4.79 Å². The van der Waals surface area contributed by atoms with E-state index in [4.69, 9.17) is 14.6 Å². The van der Waals surface area contributed by atoms with Gasteiger partial charge in [0.15, 0.2) is 0 Å². The molecule has 1 aliphatic heterocycles. The van der Waals surface area contributed by atoms with E-state index in [0.717, 1.165) is 0 Å². The summed E-state index contributed by atoms with van der Waals surface area (Å²) in [5.74, 6) is -1.61. The molecule has 112 valence electrons. The average Bonchev–Trinajstić information content (AvgIpc) is 2.40. The molecule has 1 rings (SSSR count). The van der Waals surface area contributed by atoms with Gasteiger partial charge < -0.3 is 19.9 Å². The number of carbonyl (C=O) groups is 2. The number of methoxy groups -OCH3 is 1. The van der Waals surface area contributed by atoms with Crippen molar-refractivity contribution in [3.63, 3.8) is 0 Å². The first-order valence-corrected chi connectivity index (χ1v) is 6.18. The maximum atomic E-state index is 11.2. The quantitative estimate of drug-likeness (QED) is 0.655. The van der Waals surface area contributed by atoms with E-state index in [1.165, 1.54) is 20.1 Å². The van der Waals surface area contributed by atoms with Crippen LogP contribution in [-0.2, 0) is 19.1 Å². The van der Waals surface area contributed by atoms with E-state index in [1.807, 2.05) is 0 Å². The Bertz CT molecular complexity index is 409. The lowest BCUT2D eigenvalue weighted by molar-refractivity contribution is -0.141. The summed E-state index contributed by atoms with van der Waals surface area (Å²) in [5.41, 5.74) is 0. The van der Waals surface area contributed by atoms with Crippen molar-refractivity contribution in [2.45, 2.75) is 38.0 Å². The molecular formula is C12H18N2O6. The molecule has 0 saturated carbocycles. The van der Waals surface area contributed by atoms with Crippen molar-refractivity contribution in [3.8, 4) is 0 Å². The van der Waals surface area contributed by atoms with E-state index >= 15 is 0 Å². The number of rotatable bonds is 7. The van der Waals surface area contributed by atoms with Crippen molar-refractivity contribution in [1.29, 1.82) is 0 Å².